The highest BCUT2D eigenvalue weighted by atomic mass is 32.2. The van der Waals surface area contributed by atoms with Gasteiger partial charge in [-0.15, -0.1) is 4.68 Å². The zero-order chi connectivity index (χ0) is 23.0. The lowest BCUT2D eigenvalue weighted by atomic mass is 10.0. The summed E-state index contributed by atoms with van der Waals surface area (Å²) in [5.74, 6) is 0.612. The fourth-order valence-electron chi connectivity index (χ4n) is 3.04. The first-order chi connectivity index (χ1) is 14.4. The Bertz CT molecular complexity index is 1220. The first-order valence-electron chi connectivity index (χ1n) is 9.89. The summed E-state index contributed by atoms with van der Waals surface area (Å²) in [6.45, 7) is 9.34. The molecule has 0 spiro atoms. The van der Waals surface area contributed by atoms with Crippen LogP contribution in [0, 0.1) is 0 Å². The van der Waals surface area contributed by atoms with Crippen LogP contribution in [0.15, 0.2) is 41.4 Å². The van der Waals surface area contributed by atoms with E-state index >= 15 is 0 Å². The summed E-state index contributed by atoms with van der Waals surface area (Å²) in [4.78, 5) is 17.1. The molecule has 0 aliphatic carbocycles. The van der Waals surface area contributed by atoms with Gasteiger partial charge in [-0.05, 0) is 62.6 Å². The molecular formula is C22H27N3O5S. The van der Waals surface area contributed by atoms with E-state index < -0.39 is 21.5 Å². The van der Waals surface area contributed by atoms with E-state index in [4.69, 9.17) is 9.47 Å². The first kappa shape index (κ1) is 22.7. The molecule has 0 amide bonds. The van der Waals surface area contributed by atoms with Crippen molar-refractivity contribution in [1.29, 1.82) is 0 Å². The lowest BCUT2D eigenvalue weighted by Gasteiger charge is -2.18. The molecule has 8 nitrogen and oxygen atoms in total. The molecule has 0 N–H and O–H groups in total. The molecule has 0 radical (unpaired) electrons. The summed E-state index contributed by atoms with van der Waals surface area (Å²) in [5, 5.41) is 5.05. The van der Waals surface area contributed by atoms with Gasteiger partial charge in [0.2, 0.25) is 0 Å². The molecule has 3 aromatic rings. The Hall–Kier alpha value is -2.94. The Morgan fingerprint density at radius 2 is 1.90 bits per heavy atom. The first-order valence-corrected chi connectivity index (χ1v) is 11.8. The minimum atomic E-state index is -3.32. The lowest BCUT2D eigenvalue weighted by Crippen LogP contribution is -2.28. The van der Waals surface area contributed by atoms with E-state index in [0.29, 0.717) is 22.5 Å². The van der Waals surface area contributed by atoms with Gasteiger partial charge in [-0.1, -0.05) is 13.8 Å². The van der Waals surface area contributed by atoms with Crippen molar-refractivity contribution in [2.45, 2.75) is 57.6 Å². The number of pyridine rings is 1. The zero-order valence-electron chi connectivity index (χ0n) is 18.5. The van der Waals surface area contributed by atoms with Crippen LogP contribution in [-0.2, 0) is 21.2 Å². The third kappa shape index (κ3) is 5.22. The zero-order valence-corrected chi connectivity index (χ0v) is 19.4. The van der Waals surface area contributed by atoms with Crippen molar-refractivity contribution in [2.75, 3.05) is 6.26 Å². The van der Waals surface area contributed by atoms with E-state index in [1.807, 2.05) is 19.9 Å². The summed E-state index contributed by atoms with van der Waals surface area (Å²) in [7, 11) is -3.32. The van der Waals surface area contributed by atoms with Crippen molar-refractivity contribution in [3.05, 3.63) is 47.8 Å². The van der Waals surface area contributed by atoms with Crippen LogP contribution in [0.3, 0.4) is 0 Å². The Labute approximate surface area is 182 Å². The number of hydrogen-bond acceptors (Lipinski definition) is 7. The van der Waals surface area contributed by atoms with E-state index in [2.05, 4.69) is 10.1 Å². The topological polar surface area (TPSA) is 100 Å². The summed E-state index contributed by atoms with van der Waals surface area (Å²) in [6, 6.07) is 8.37. The Balaban J connectivity index is 1.94. The van der Waals surface area contributed by atoms with Crippen LogP contribution in [0.2, 0.25) is 0 Å². The fourth-order valence-corrected chi connectivity index (χ4v) is 3.69. The van der Waals surface area contributed by atoms with Crippen molar-refractivity contribution in [2.24, 2.45) is 0 Å². The van der Waals surface area contributed by atoms with Crippen molar-refractivity contribution in [1.82, 2.24) is 14.8 Å². The third-order valence-corrected chi connectivity index (χ3v) is 5.59. The van der Waals surface area contributed by atoms with Crippen LogP contribution >= 0.6 is 0 Å². The van der Waals surface area contributed by atoms with Crippen molar-refractivity contribution >= 4 is 27.0 Å². The molecule has 0 aliphatic heterocycles. The number of rotatable bonds is 5. The standard InChI is InChI=1S/C22H27N3O5S/c1-14(2)17-12-15(31(6,27)28)9-10-19(17)29-13-18-16-8-7-11-23-20(16)25(24-18)21(26)30-22(3,4)5/h7-12,14H,13H2,1-6H3. The maximum atomic E-state index is 12.6. The summed E-state index contributed by atoms with van der Waals surface area (Å²) in [6.07, 6.45) is 2.13. The van der Waals surface area contributed by atoms with Gasteiger partial charge in [0, 0.05) is 17.8 Å². The predicted octanol–water partition coefficient (Wildman–Crippen LogP) is 4.32. The SMILES string of the molecule is CC(C)c1cc(S(C)(=O)=O)ccc1OCc1nn(C(=O)OC(C)(C)C)c2ncccc12. The van der Waals surface area contributed by atoms with Crippen LogP contribution in [0.25, 0.3) is 11.0 Å². The molecule has 0 unspecified atom stereocenters. The number of carbonyl (C=O) groups excluding carboxylic acids is 1. The minimum Gasteiger partial charge on any atom is -0.487 e. The van der Waals surface area contributed by atoms with Gasteiger partial charge in [0.05, 0.1) is 4.90 Å². The fraction of sp³-hybridized carbons (Fsp3) is 0.409. The van der Waals surface area contributed by atoms with Crippen LogP contribution in [0.5, 0.6) is 5.75 Å². The number of sulfone groups is 1. The van der Waals surface area contributed by atoms with E-state index in [-0.39, 0.29) is 17.4 Å². The smallest absolute Gasteiger partial charge is 0.437 e. The normalized spacial score (nSPS) is 12.4. The van der Waals surface area contributed by atoms with Gasteiger partial charge in [-0.2, -0.15) is 5.10 Å². The molecule has 0 atom stereocenters. The van der Waals surface area contributed by atoms with E-state index in [1.165, 1.54) is 12.3 Å². The molecule has 2 heterocycles. The average molecular weight is 446 g/mol. The summed E-state index contributed by atoms with van der Waals surface area (Å²) in [5.41, 5.74) is 1.01. The number of nitrogens with zero attached hydrogens (tertiary/aromatic N) is 3. The maximum Gasteiger partial charge on any atom is 0.437 e. The van der Waals surface area contributed by atoms with Gasteiger partial charge < -0.3 is 9.47 Å². The van der Waals surface area contributed by atoms with Gasteiger partial charge in [0.25, 0.3) is 0 Å². The van der Waals surface area contributed by atoms with Gasteiger partial charge in [-0.25, -0.2) is 18.2 Å². The second kappa shape index (κ2) is 8.30. The molecule has 0 aliphatic rings. The molecule has 1 aromatic carbocycles. The summed E-state index contributed by atoms with van der Waals surface area (Å²) >= 11 is 0. The molecule has 0 saturated heterocycles. The molecular weight excluding hydrogens is 418 g/mol. The molecule has 166 valence electrons. The van der Waals surface area contributed by atoms with Crippen LogP contribution < -0.4 is 4.74 Å². The number of hydrogen-bond donors (Lipinski definition) is 0. The number of aromatic nitrogens is 3. The van der Waals surface area contributed by atoms with Crippen LogP contribution in [-0.4, -0.2) is 41.1 Å². The van der Waals surface area contributed by atoms with E-state index in [1.54, 1.807) is 45.2 Å². The third-order valence-electron chi connectivity index (χ3n) is 4.48. The van der Waals surface area contributed by atoms with Crippen molar-refractivity contribution < 1.29 is 22.7 Å². The average Bonchev–Trinajstić information content (AvgIpc) is 3.03. The molecule has 0 saturated carbocycles. The quantitative estimate of drug-likeness (QED) is 0.576. The second-order valence-electron chi connectivity index (χ2n) is 8.63. The van der Waals surface area contributed by atoms with E-state index in [9.17, 15) is 13.2 Å². The van der Waals surface area contributed by atoms with Crippen molar-refractivity contribution in [3.63, 3.8) is 0 Å². The van der Waals surface area contributed by atoms with Gasteiger partial charge in [0.15, 0.2) is 15.5 Å². The Morgan fingerprint density at radius 3 is 2.52 bits per heavy atom. The van der Waals surface area contributed by atoms with Gasteiger partial charge >= 0.3 is 6.09 Å². The number of fused-ring (bicyclic) bond motifs is 1. The number of carbonyl (C=O) groups is 1. The monoisotopic (exact) mass is 445 g/mol. The lowest BCUT2D eigenvalue weighted by molar-refractivity contribution is 0.0520. The highest BCUT2D eigenvalue weighted by Gasteiger charge is 2.23. The van der Waals surface area contributed by atoms with Crippen LogP contribution in [0.4, 0.5) is 4.79 Å². The molecule has 0 fully saturated rings. The molecule has 3 rings (SSSR count). The van der Waals surface area contributed by atoms with Crippen LogP contribution in [0.1, 0.15) is 51.8 Å². The largest absolute Gasteiger partial charge is 0.487 e. The molecule has 9 heteroatoms. The highest BCUT2D eigenvalue weighted by molar-refractivity contribution is 7.90. The minimum absolute atomic E-state index is 0.0504. The molecule has 0 bridgehead atoms. The Morgan fingerprint density at radius 1 is 1.19 bits per heavy atom. The number of benzene rings is 1. The van der Waals surface area contributed by atoms with Gasteiger partial charge in [-0.3, -0.25) is 0 Å². The van der Waals surface area contributed by atoms with Crippen molar-refractivity contribution in [3.8, 4) is 5.75 Å². The van der Waals surface area contributed by atoms with E-state index in [0.717, 1.165) is 10.2 Å². The number of ether oxygens (including phenoxy) is 2. The maximum absolute atomic E-state index is 12.6. The highest BCUT2D eigenvalue weighted by Crippen LogP contribution is 2.30. The molecule has 31 heavy (non-hydrogen) atoms. The summed E-state index contributed by atoms with van der Waals surface area (Å²) < 4.78 is 36.4. The Kier molecular flexibility index (Phi) is 6.09. The second-order valence-corrected chi connectivity index (χ2v) is 10.6. The van der Waals surface area contributed by atoms with Gasteiger partial charge in [0.1, 0.15) is 23.7 Å². The molecule has 2 aromatic heterocycles. The predicted molar refractivity (Wildman–Crippen MR) is 117 cm³/mol.